The molecule has 0 fully saturated rings. The van der Waals surface area contributed by atoms with Crippen LogP contribution in [0.15, 0.2) is 30.7 Å². The zero-order chi connectivity index (χ0) is 13.3. The van der Waals surface area contributed by atoms with Gasteiger partial charge in [-0.3, -0.25) is 0 Å². The van der Waals surface area contributed by atoms with Crippen molar-refractivity contribution in [3.8, 4) is 0 Å². The largest absolute Gasteiger partial charge is 0.416 e. The summed E-state index contributed by atoms with van der Waals surface area (Å²) in [5.41, 5.74) is 6.24. The van der Waals surface area contributed by atoms with Gasteiger partial charge < -0.3 is 10.3 Å². The number of aromatic nitrogens is 2. The fourth-order valence-electron chi connectivity index (χ4n) is 1.71. The Morgan fingerprint density at radius 2 is 2.06 bits per heavy atom. The van der Waals surface area contributed by atoms with Crippen molar-refractivity contribution in [2.45, 2.75) is 19.6 Å². The van der Waals surface area contributed by atoms with Crippen molar-refractivity contribution < 1.29 is 13.2 Å². The van der Waals surface area contributed by atoms with Crippen LogP contribution in [-0.2, 0) is 12.7 Å². The molecule has 0 aliphatic rings. The highest BCUT2D eigenvalue weighted by Crippen LogP contribution is 2.30. The predicted octanol–water partition coefficient (Wildman–Crippen LogP) is 2.84. The third-order valence-electron chi connectivity index (χ3n) is 2.68. The number of hydrogen-bond donors (Lipinski definition) is 1. The first-order valence-electron chi connectivity index (χ1n) is 5.30. The second-order valence-electron chi connectivity index (χ2n) is 4.11. The summed E-state index contributed by atoms with van der Waals surface area (Å²) >= 11 is 0. The number of nitrogen functional groups attached to an aromatic ring is 1. The summed E-state index contributed by atoms with van der Waals surface area (Å²) in [6.45, 7) is 2.11. The van der Waals surface area contributed by atoms with Gasteiger partial charge in [0.15, 0.2) is 0 Å². The minimum atomic E-state index is -4.30. The quantitative estimate of drug-likeness (QED) is 0.896. The molecule has 96 valence electrons. The number of halogens is 3. The fraction of sp³-hybridized carbons (Fsp3) is 0.250. The van der Waals surface area contributed by atoms with Gasteiger partial charge in [0.2, 0.25) is 0 Å². The summed E-state index contributed by atoms with van der Waals surface area (Å²) in [5, 5.41) is 0. The molecule has 6 heteroatoms. The Labute approximate surface area is 102 Å². The number of hydrogen-bond acceptors (Lipinski definition) is 2. The number of nitrogens with zero attached hydrogens (tertiary/aromatic N) is 2. The van der Waals surface area contributed by atoms with Gasteiger partial charge in [-0.15, -0.1) is 0 Å². The third kappa shape index (κ3) is 2.64. The summed E-state index contributed by atoms with van der Waals surface area (Å²) in [4.78, 5) is 3.86. The Morgan fingerprint density at radius 3 is 2.56 bits per heavy atom. The van der Waals surface area contributed by atoms with Gasteiger partial charge in [0.1, 0.15) is 5.82 Å². The van der Waals surface area contributed by atoms with Crippen molar-refractivity contribution in [1.29, 1.82) is 0 Å². The van der Waals surface area contributed by atoms with Gasteiger partial charge >= 0.3 is 6.18 Å². The van der Waals surface area contributed by atoms with Crippen molar-refractivity contribution in [2.75, 3.05) is 5.73 Å². The molecule has 2 rings (SSSR count). The number of imidazole rings is 1. The molecule has 0 saturated carbocycles. The molecule has 0 atom stereocenters. The van der Waals surface area contributed by atoms with Crippen LogP contribution in [0.4, 0.5) is 19.0 Å². The highest BCUT2D eigenvalue weighted by atomic mass is 19.4. The highest BCUT2D eigenvalue weighted by molar-refractivity contribution is 5.33. The summed E-state index contributed by atoms with van der Waals surface area (Å²) < 4.78 is 39.2. The maximum atomic E-state index is 12.5. The van der Waals surface area contributed by atoms with Crippen LogP contribution in [0.1, 0.15) is 16.7 Å². The minimum Gasteiger partial charge on any atom is -0.382 e. The van der Waals surface area contributed by atoms with Gasteiger partial charge in [-0.1, -0.05) is 6.07 Å². The molecule has 2 aromatic rings. The first-order valence-corrected chi connectivity index (χ1v) is 5.30. The Kier molecular flexibility index (Phi) is 3.02. The van der Waals surface area contributed by atoms with E-state index in [4.69, 9.17) is 5.73 Å². The van der Waals surface area contributed by atoms with Gasteiger partial charge in [-0.2, -0.15) is 13.2 Å². The van der Waals surface area contributed by atoms with Gasteiger partial charge in [0.25, 0.3) is 0 Å². The van der Waals surface area contributed by atoms with Gasteiger partial charge in [-0.25, -0.2) is 4.98 Å². The highest BCUT2D eigenvalue weighted by Gasteiger charge is 2.30. The van der Waals surface area contributed by atoms with Crippen molar-refractivity contribution in [3.63, 3.8) is 0 Å². The van der Waals surface area contributed by atoms with E-state index in [0.29, 0.717) is 17.9 Å². The average Bonchev–Trinajstić information content (AvgIpc) is 2.65. The van der Waals surface area contributed by atoms with Crippen LogP contribution < -0.4 is 5.73 Å². The van der Waals surface area contributed by atoms with Gasteiger partial charge in [0, 0.05) is 12.7 Å². The van der Waals surface area contributed by atoms with Crippen molar-refractivity contribution in [2.24, 2.45) is 0 Å². The van der Waals surface area contributed by atoms with Crippen LogP contribution in [0, 0.1) is 6.92 Å². The van der Waals surface area contributed by atoms with Crippen molar-refractivity contribution in [3.05, 3.63) is 47.4 Å². The zero-order valence-electron chi connectivity index (χ0n) is 9.70. The lowest BCUT2D eigenvalue weighted by Gasteiger charge is -2.11. The fourth-order valence-corrected chi connectivity index (χ4v) is 1.71. The molecule has 0 saturated heterocycles. The van der Waals surface area contributed by atoms with E-state index < -0.39 is 11.7 Å². The van der Waals surface area contributed by atoms with Crippen molar-refractivity contribution >= 4 is 5.82 Å². The van der Waals surface area contributed by atoms with Gasteiger partial charge in [-0.05, 0) is 30.2 Å². The number of benzene rings is 1. The normalized spacial score (nSPS) is 11.8. The average molecular weight is 255 g/mol. The SMILES string of the molecule is Cc1cc(C(F)(F)F)ccc1Cn1cnc(N)c1. The van der Waals surface area contributed by atoms with E-state index in [1.165, 1.54) is 6.07 Å². The summed E-state index contributed by atoms with van der Waals surface area (Å²) in [6, 6.07) is 3.71. The zero-order valence-corrected chi connectivity index (χ0v) is 9.70. The molecule has 1 aromatic heterocycles. The van der Waals surface area contributed by atoms with Crippen molar-refractivity contribution in [1.82, 2.24) is 9.55 Å². The predicted molar refractivity (Wildman–Crippen MR) is 61.9 cm³/mol. The molecule has 0 aliphatic carbocycles. The molecule has 3 nitrogen and oxygen atoms in total. The lowest BCUT2D eigenvalue weighted by atomic mass is 10.0. The van der Waals surface area contributed by atoms with Crippen LogP contribution in [0.2, 0.25) is 0 Å². The topological polar surface area (TPSA) is 43.8 Å². The van der Waals surface area contributed by atoms with E-state index in [1.54, 1.807) is 24.0 Å². The number of rotatable bonds is 2. The number of nitrogens with two attached hydrogens (primary N) is 1. The minimum absolute atomic E-state index is 0.388. The van der Waals surface area contributed by atoms with E-state index in [1.807, 2.05) is 0 Å². The van der Waals surface area contributed by atoms with E-state index in [9.17, 15) is 13.2 Å². The molecule has 1 heterocycles. The molecule has 0 unspecified atom stereocenters. The smallest absolute Gasteiger partial charge is 0.382 e. The Morgan fingerprint density at radius 1 is 1.33 bits per heavy atom. The molecular formula is C12H12F3N3. The summed E-state index contributed by atoms with van der Waals surface area (Å²) in [5.74, 6) is 0.388. The number of aryl methyl sites for hydroxylation is 1. The monoisotopic (exact) mass is 255 g/mol. The van der Waals surface area contributed by atoms with E-state index in [-0.39, 0.29) is 0 Å². The number of anilines is 1. The van der Waals surface area contributed by atoms with Crippen LogP contribution in [0.3, 0.4) is 0 Å². The van der Waals surface area contributed by atoms with Gasteiger partial charge in [0.05, 0.1) is 11.9 Å². The molecule has 1 aromatic carbocycles. The molecule has 0 radical (unpaired) electrons. The Balaban J connectivity index is 2.25. The second kappa shape index (κ2) is 4.36. The molecule has 18 heavy (non-hydrogen) atoms. The van der Waals surface area contributed by atoms with Crippen LogP contribution in [0.25, 0.3) is 0 Å². The van der Waals surface area contributed by atoms with Crippen LogP contribution in [0.5, 0.6) is 0 Å². The first kappa shape index (κ1) is 12.5. The summed E-state index contributed by atoms with van der Waals surface area (Å²) in [7, 11) is 0. The van der Waals surface area contributed by atoms with E-state index in [2.05, 4.69) is 4.98 Å². The number of alkyl halides is 3. The lowest BCUT2D eigenvalue weighted by Crippen LogP contribution is -2.07. The molecule has 2 N–H and O–H groups in total. The Bertz CT molecular complexity index is 558. The molecule has 0 aliphatic heterocycles. The van der Waals surface area contributed by atoms with Crippen LogP contribution >= 0.6 is 0 Å². The third-order valence-corrected chi connectivity index (χ3v) is 2.68. The molecule has 0 spiro atoms. The Hall–Kier alpha value is -1.98. The summed E-state index contributed by atoms with van der Waals surface area (Å²) in [6.07, 6.45) is -1.12. The van der Waals surface area contributed by atoms with Crippen LogP contribution in [-0.4, -0.2) is 9.55 Å². The standard InChI is InChI=1S/C12H12F3N3/c1-8-4-10(12(13,14)15)3-2-9(8)5-18-6-11(16)17-7-18/h2-4,6-7H,5,16H2,1H3. The molecule has 0 amide bonds. The maximum Gasteiger partial charge on any atom is 0.416 e. The first-order chi connectivity index (χ1) is 8.36. The second-order valence-corrected chi connectivity index (χ2v) is 4.11. The van der Waals surface area contributed by atoms with E-state index in [0.717, 1.165) is 17.7 Å². The maximum absolute atomic E-state index is 12.5. The lowest BCUT2D eigenvalue weighted by molar-refractivity contribution is -0.137. The molecular weight excluding hydrogens is 243 g/mol. The van der Waals surface area contributed by atoms with E-state index >= 15 is 0 Å². The molecule has 0 bridgehead atoms.